The van der Waals surface area contributed by atoms with E-state index in [4.69, 9.17) is 0 Å². The Bertz CT molecular complexity index is 576. The van der Waals surface area contributed by atoms with Crippen LogP contribution in [-0.2, 0) is 0 Å². The van der Waals surface area contributed by atoms with Gasteiger partial charge in [-0.2, -0.15) is 0 Å². The summed E-state index contributed by atoms with van der Waals surface area (Å²) in [6.07, 6.45) is 16.8. The summed E-state index contributed by atoms with van der Waals surface area (Å²) < 4.78 is 15.1. The third kappa shape index (κ3) is 6.07. The fraction of sp³-hybridized carbons (Fsp3) is 0.778. The van der Waals surface area contributed by atoms with Crippen LogP contribution in [0.2, 0.25) is 0 Å². The summed E-state index contributed by atoms with van der Waals surface area (Å²) in [5.41, 5.74) is 2.24. The molecule has 1 aromatic rings. The summed E-state index contributed by atoms with van der Waals surface area (Å²) in [5.74, 6) is 3.78. The van der Waals surface area contributed by atoms with Gasteiger partial charge in [-0.1, -0.05) is 90.7 Å². The molecule has 0 aromatic heterocycles. The molecular formula is C27H43F. The van der Waals surface area contributed by atoms with E-state index < -0.39 is 0 Å². The van der Waals surface area contributed by atoms with Crippen LogP contribution in [0.25, 0.3) is 0 Å². The maximum Gasteiger partial charge on any atom is 0.126 e. The second-order valence-electron chi connectivity index (χ2n) is 10.3. The average molecular weight is 387 g/mol. The molecule has 0 heterocycles. The van der Waals surface area contributed by atoms with Gasteiger partial charge < -0.3 is 0 Å². The van der Waals surface area contributed by atoms with Gasteiger partial charge in [-0.05, 0) is 72.5 Å². The van der Waals surface area contributed by atoms with Gasteiger partial charge in [-0.3, -0.25) is 0 Å². The van der Waals surface area contributed by atoms with Crippen molar-refractivity contribution in [1.29, 1.82) is 0 Å². The highest BCUT2D eigenvalue weighted by Crippen LogP contribution is 2.38. The van der Waals surface area contributed by atoms with Gasteiger partial charge in [0.05, 0.1) is 0 Å². The summed E-state index contributed by atoms with van der Waals surface area (Å²) in [5, 5.41) is 0. The summed E-state index contributed by atoms with van der Waals surface area (Å²) in [6, 6.07) is 6.29. The van der Waals surface area contributed by atoms with E-state index in [1.54, 1.807) is 0 Å². The Kier molecular flexibility index (Phi) is 8.42. The molecule has 0 aliphatic heterocycles. The minimum atomic E-state index is 0.0704. The summed E-state index contributed by atoms with van der Waals surface area (Å²) in [4.78, 5) is 0. The molecule has 2 saturated carbocycles. The second-order valence-corrected chi connectivity index (χ2v) is 10.3. The molecule has 1 atom stereocenters. The van der Waals surface area contributed by atoms with Crippen molar-refractivity contribution < 1.29 is 4.39 Å². The van der Waals surface area contributed by atoms with Crippen molar-refractivity contribution in [2.75, 3.05) is 0 Å². The van der Waals surface area contributed by atoms with Crippen molar-refractivity contribution in [3.05, 3.63) is 35.1 Å². The molecule has 2 fully saturated rings. The van der Waals surface area contributed by atoms with Gasteiger partial charge in [0.1, 0.15) is 5.82 Å². The molecule has 28 heavy (non-hydrogen) atoms. The van der Waals surface area contributed by atoms with Gasteiger partial charge in [0.2, 0.25) is 0 Å². The quantitative estimate of drug-likeness (QED) is 0.418. The Morgan fingerprint density at radius 2 is 1.54 bits per heavy atom. The molecule has 0 N–H and O–H groups in total. The van der Waals surface area contributed by atoms with Crippen molar-refractivity contribution in [1.82, 2.24) is 0 Å². The SMILES string of the molecule is CCCC(CCCC1CCC(C)CC1)c1ccc(C2CCC(C)CC2)cc1F. The first kappa shape index (κ1) is 21.8. The number of benzene rings is 1. The third-order valence-corrected chi connectivity index (χ3v) is 7.89. The van der Waals surface area contributed by atoms with Crippen molar-refractivity contribution in [2.45, 2.75) is 116 Å². The molecule has 2 aliphatic carbocycles. The fourth-order valence-electron chi connectivity index (χ4n) is 5.80. The number of hydrogen-bond donors (Lipinski definition) is 0. The van der Waals surface area contributed by atoms with E-state index in [0.717, 1.165) is 42.6 Å². The predicted octanol–water partition coefficient (Wildman–Crippen LogP) is 9.00. The molecule has 0 amide bonds. The zero-order chi connectivity index (χ0) is 19.9. The smallest absolute Gasteiger partial charge is 0.126 e. The Morgan fingerprint density at radius 3 is 2.14 bits per heavy atom. The minimum absolute atomic E-state index is 0.0704. The van der Waals surface area contributed by atoms with Crippen LogP contribution in [0.3, 0.4) is 0 Å². The maximum absolute atomic E-state index is 15.1. The lowest BCUT2D eigenvalue weighted by Crippen LogP contribution is -2.13. The lowest BCUT2D eigenvalue weighted by Gasteiger charge is -2.28. The van der Waals surface area contributed by atoms with Crippen LogP contribution in [0.5, 0.6) is 0 Å². The molecule has 0 nitrogen and oxygen atoms in total. The summed E-state index contributed by atoms with van der Waals surface area (Å²) >= 11 is 0. The van der Waals surface area contributed by atoms with Crippen LogP contribution in [0.4, 0.5) is 4.39 Å². The molecule has 2 aliphatic rings. The van der Waals surface area contributed by atoms with E-state index in [0.29, 0.717) is 11.8 Å². The first-order valence-electron chi connectivity index (χ1n) is 12.4. The fourth-order valence-corrected chi connectivity index (χ4v) is 5.80. The van der Waals surface area contributed by atoms with Gasteiger partial charge in [-0.15, -0.1) is 0 Å². The monoisotopic (exact) mass is 386 g/mol. The number of hydrogen-bond acceptors (Lipinski definition) is 0. The molecule has 0 radical (unpaired) electrons. The van der Waals surface area contributed by atoms with Crippen molar-refractivity contribution in [3.63, 3.8) is 0 Å². The molecule has 1 heteroatoms. The predicted molar refractivity (Wildman–Crippen MR) is 119 cm³/mol. The molecule has 3 rings (SSSR count). The average Bonchev–Trinajstić information content (AvgIpc) is 2.69. The van der Waals surface area contributed by atoms with Crippen LogP contribution >= 0.6 is 0 Å². The van der Waals surface area contributed by atoms with Gasteiger partial charge in [0.15, 0.2) is 0 Å². The minimum Gasteiger partial charge on any atom is -0.207 e. The summed E-state index contributed by atoms with van der Waals surface area (Å²) in [7, 11) is 0. The number of halogens is 1. The topological polar surface area (TPSA) is 0 Å². The van der Waals surface area contributed by atoms with Crippen molar-refractivity contribution in [3.8, 4) is 0 Å². The molecule has 0 saturated heterocycles. The highest BCUT2D eigenvalue weighted by molar-refractivity contribution is 5.30. The number of rotatable bonds is 8. The Hall–Kier alpha value is -0.850. The highest BCUT2D eigenvalue weighted by atomic mass is 19.1. The van der Waals surface area contributed by atoms with E-state index in [1.807, 2.05) is 6.07 Å². The first-order valence-corrected chi connectivity index (χ1v) is 12.4. The maximum atomic E-state index is 15.1. The third-order valence-electron chi connectivity index (χ3n) is 7.89. The van der Waals surface area contributed by atoms with Crippen LogP contribution in [-0.4, -0.2) is 0 Å². The largest absolute Gasteiger partial charge is 0.207 e. The zero-order valence-electron chi connectivity index (χ0n) is 18.7. The standard InChI is InChI=1S/C27H43F/c1-4-6-24(8-5-7-22-13-9-20(2)10-14-22)26-18-17-25(19-27(26)28)23-15-11-21(3)12-16-23/h17-24H,4-16H2,1-3H3. The molecule has 0 bridgehead atoms. The Labute approximate surface area is 173 Å². The van der Waals surface area contributed by atoms with Crippen LogP contribution in [0.1, 0.15) is 127 Å². The normalized spacial score (nSPS) is 29.6. The van der Waals surface area contributed by atoms with E-state index in [1.165, 1.54) is 69.8 Å². The molecule has 1 aromatic carbocycles. The zero-order valence-corrected chi connectivity index (χ0v) is 18.7. The van der Waals surface area contributed by atoms with Gasteiger partial charge in [-0.25, -0.2) is 4.39 Å². The van der Waals surface area contributed by atoms with Crippen molar-refractivity contribution >= 4 is 0 Å². The van der Waals surface area contributed by atoms with E-state index in [9.17, 15) is 0 Å². The summed E-state index contributed by atoms with van der Waals surface area (Å²) in [6.45, 7) is 6.99. The molecule has 158 valence electrons. The second kappa shape index (κ2) is 10.8. The molecule has 0 spiro atoms. The Morgan fingerprint density at radius 1 is 0.893 bits per heavy atom. The van der Waals surface area contributed by atoms with E-state index in [-0.39, 0.29) is 5.82 Å². The lowest BCUT2D eigenvalue weighted by molar-refractivity contribution is 0.269. The highest BCUT2D eigenvalue weighted by Gasteiger charge is 2.23. The molecular weight excluding hydrogens is 343 g/mol. The van der Waals surface area contributed by atoms with E-state index >= 15 is 4.39 Å². The van der Waals surface area contributed by atoms with Crippen LogP contribution < -0.4 is 0 Å². The van der Waals surface area contributed by atoms with Crippen LogP contribution in [0, 0.1) is 23.6 Å². The van der Waals surface area contributed by atoms with Crippen molar-refractivity contribution in [2.24, 2.45) is 17.8 Å². The molecule has 1 unspecified atom stereocenters. The van der Waals surface area contributed by atoms with Gasteiger partial charge in [0, 0.05) is 0 Å². The first-order chi connectivity index (χ1) is 13.6. The lowest BCUT2D eigenvalue weighted by atomic mass is 9.78. The Balaban J connectivity index is 1.56. The van der Waals surface area contributed by atoms with Gasteiger partial charge >= 0.3 is 0 Å². The van der Waals surface area contributed by atoms with Gasteiger partial charge in [0.25, 0.3) is 0 Å². The van der Waals surface area contributed by atoms with Crippen LogP contribution in [0.15, 0.2) is 18.2 Å². The van der Waals surface area contributed by atoms with E-state index in [2.05, 4.69) is 32.9 Å².